The third kappa shape index (κ3) is 4.93. The van der Waals surface area contributed by atoms with E-state index in [9.17, 15) is 4.79 Å². The summed E-state index contributed by atoms with van der Waals surface area (Å²) >= 11 is 0. The maximum Gasteiger partial charge on any atom is 0.321 e. The van der Waals surface area contributed by atoms with E-state index >= 15 is 0 Å². The first kappa shape index (κ1) is 15.6. The van der Waals surface area contributed by atoms with Gasteiger partial charge in [0.2, 0.25) is 0 Å². The second-order valence-corrected chi connectivity index (χ2v) is 5.48. The molecule has 5 nitrogen and oxygen atoms in total. The standard InChI is InChI=1S/C16H25N3O2/c1-18(10-3-4-11-19-12-5-13-19)16(20)17-14-6-8-15(21-2)9-7-14/h6-9H,3-5,10-13H2,1-2H3,(H,17,20). The smallest absolute Gasteiger partial charge is 0.321 e. The Labute approximate surface area is 126 Å². The first-order valence-electron chi connectivity index (χ1n) is 7.57. The maximum absolute atomic E-state index is 12.0. The summed E-state index contributed by atoms with van der Waals surface area (Å²) in [5, 5.41) is 2.89. The van der Waals surface area contributed by atoms with Crippen molar-refractivity contribution < 1.29 is 9.53 Å². The first-order valence-corrected chi connectivity index (χ1v) is 7.57. The number of urea groups is 1. The summed E-state index contributed by atoms with van der Waals surface area (Å²) in [6, 6.07) is 7.29. The number of ether oxygens (including phenoxy) is 1. The van der Waals surface area contributed by atoms with Gasteiger partial charge >= 0.3 is 6.03 Å². The van der Waals surface area contributed by atoms with Crippen LogP contribution in [-0.2, 0) is 0 Å². The normalized spacial score (nSPS) is 14.4. The lowest BCUT2D eigenvalue weighted by Crippen LogP contribution is -2.38. The Morgan fingerprint density at radius 3 is 2.57 bits per heavy atom. The number of carbonyl (C=O) groups is 1. The molecule has 1 aromatic rings. The van der Waals surface area contributed by atoms with E-state index in [0.717, 1.165) is 37.4 Å². The lowest BCUT2D eigenvalue weighted by molar-refractivity contribution is 0.175. The fourth-order valence-electron chi connectivity index (χ4n) is 2.28. The summed E-state index contributed by atoms with van der Waals surface area (Å²) in [7, 11) is 3.46. The molecule has 21 heavy (non-hydrogen) atoms. The fourth-order valence-corrected chi connectivity index (χ4v) is 2.28. The van der Waals surface area contributed by atoms with Crippen LogP contribution in [0.5, 0.6) is 5.75 Å². The Bertz CT molecular complexity index is 443. The number of nitrogens with one attached hydrogen (secondary N) is 1. The summed E-state index contributed by atoms with van der Waals surface area (Å²) in [5.74, 6) is 0.785. The Morgan fingerprint density at radius 2 is 2.00 bits per heavy atom. The van der Waals surface area contributed by atoms with Crippen LogP contribution in [0.3, 0.4) is 0 Å². The largest absolute Gasteiger partial charge is 0.497 e. The van der Waals surface area contributed by atoms with Crippen LogP contribution in [0.4, 0.5) is 10.5 Å². The molecule has 116 valence electrons. The highest BCUT2D eigenvalue weighted by atomic mass is 16.5. The van der Waals surface area contributed by atoms with E-state index in [2.05, 4.69) is 10.2 Å². The maximum atomic E-state index is 12.0. The highest BCUT2D eigenvalue weighted by molar-refractivity contribution is 5.89. The van der Waals surface area contributed by atoms with Crippen molar-refractivity contribution in [1.29, 1.82) is 0 Å². The number of benzene rings is 1. The molecule has 0 saturated carbocycles. The second-order valence-electron chi connectivity index (χ2n) is 5.48. The molecule has 1 aliphatic heterocycles. The van der Waals surface area contributed by atoms with Crippen molar-refractivity contribution >= 4 is 11.7 Å². The number of likely N-dealkylation sites (tertiary alicyclic amines) is 1. The number of hydrogen-bond acceptors (Lipinski definition) is 3. The van der Waals surface area contributed by atoms with E-state index in [1.54, 1.807) is 12.0 Å². The van der Waals surface area contributed by atoms with E-state index < -0.39 is 0 Å². The zero-order valence-corrected chi connectivity index (χ0v) is 13.0. The molecule has 0 unspecified atom stereocenters. The van der Waals surface area contributed by atoms with Crippen molar-refractivity contribution in [1.82, 2.24) is 9.80 Å². The zero-order chi connectivity index (χ0) is 15.1. The molecule has 0 aromatic heterocycles. The Hall–Kier alpha value is -1.75. The second kappa shape index (κ2) is 7.88. The molecule has 1 saturated heterocycles. The Kier molecular flexibility index (Phi) is 5.87. The van der Waals surface area contributed by atoms with Crippen LogP contribution >= 0.6 is 0 Å². The molecular formula is C16H25N3O2. The molecule has 1 N–H and O–H groups in total. The van der Waals surface area contributed by atoms with Gasteiger partial charge in [0.1, 0.15) is 5.75 Å². The number of amides is 2. The van der Waals surface area contributed by atoms with Gasteiger partial charge in [-0.25, -0.2) is 4.79 Å². The average Bonchev–Trinajstić information content (AvgIpc) is 2.45. The van der Waals surface area contributed by atoms with Gasteiger partial charge in [-0.2, -0.15) is 0 Å². The molecule has 0 aliphatic carbocycles. The number of nitrogens with zero attached hydrogens (tertiary/aromatic N) is 2. The zero-order valence-electron chi connectivity index (χ0n) is 13.0. The predicted molar refractivity (Wildman–Crippen MR) is 84.9 cm³/mol. The van der Waals surface area contributed by atoms with Crippen molar-refractivity contribution in [3.8, 4) is 5.75 Å². The van der Waals surface area contributed by atoms with E-state index in [1.807, 2.05) is 31.3 Å². The van der Waals surface area contributed by atoms with Crippen molar-refractivity contribution in [2.24, 2.45) is 0 Å². The van der Waals surface area contributed by atoms with Crippen molar-refractivity contribution in [2.75, 3.05) is 45.7 Å². The Morgan fingerprint density at radius 1 is 1.29 bits per heavy atom. The van der Waals surface area contributed by atoms with E-state index in [-0.39, 0.29) is 6.03 Å². The highest BCUT2D eigenvalue weighted by Gasteiger charge is 2.13. The van der Waals surface area contributed by atoms with Crippen molar-refractivity contribution in [3.63, 3.8) is 0 Å². The summed E-state index contributed by atoms with van der Waals surface area (Å²) in [4.78, 5) is 16.2. The van der Waals surface area contributed by atoms with Gasteiger partial charge in [0.15, 0.2) is 0 Å². The molecule has 1 fully saturated rings. The lowest BCUT2D eigenvalue weighted by Gasteiger charge is -2.30. The predicted octanol–water partition coefficient (Wildman–Crippen LogP) is 2.64. The third-order valence-corrected chi connectivity index (χ3v) is 3.85. The minimum Gasteiger partial charge on any atom is -0.497 e. The van der Waals surface area contributed by atoms with Gasteiger partial charge in [0.25, 0.3) is 0 Å². The van der Waals surface area contributed by atoms with Gasteiger partial charge in [0, 0.05) is 19.3 Å². The number of unbranched alkanes of at least 4 members (excludes halogenated alkanes) is 1. The number of methoxy groups -OCH3 is 1. The van der Waals surface area contributed by atoms with Crippen LogP contribution in [-0.4, -0.2) is 56.2 Å². The van der Waals surface area contributed by atoms with Gasteiger partial charge in [0.05, 0.1) is 7.11 Å². The van der Waals surface area contributed by atoms with Crippen LogP contribution in [0, 0.1) is 0 Å². The highest BCUT2D eigenvalue weighted by Crippen LogP contribution is 2.15. The average molecular weight is 291 g/mol. The van der Waals surface area contributed by atoms with Crippen molar-refractivity contribution in [2.45, 2.75) is 19.3 Å². The molecule has 0 radical (unpaired) electrons. The SMILES string of the molecule is COc1ccc(NC(=O)N(C)CCCCN2CCC2)cc1. The first-order chi connectivity index (χ1) is 10.2. The molecule has 1 aliphatic rings. The van der Waals surface area contributed by atoms with Gasteiger partial charge in [-0.1, -0.05) is 0 Å². The number of hydrogen-bond donors (Lipinski definition) is 1. The molecule has 2 amide bonds. The van der Waals surface area contributed by atoms with Crippen molar-refractivity contribution in [3.05, 3.63) is 24.3 Å². The third-order valence-electron chi connectivity index (χ3n) is 3.85. The van der Waals surface area contributed by atoms with Gasteiger partial charge in [-0.05, 0) is 63.2 Å². The van der Waals surface area contributed by atoms with Crippen LogP contribution in [0.2, 0.25) is 0 Å². The molecule has 5 heteroatoms. The number of carbonyl (C=O) groups excluding carboxylic acids is 1. The lowest BCUT2D eigenvalue weighted by atomic mass is 10.2. The van der Waals surface area contributed by atoms with Crippen LogP contribution in [0.15, 0.2) is 24.3 Å². The quantitative estimate of drug-likeness (QED) is 0.786. The van der Waals surface area contributed by atoms with Crippen LogP contribution in [0.25, 0.3) is 0 Å². The van der Waals surface area contributed by atoms with Crippen LogP contribution in [0.1, 0.15) is 19.3 Å². The topological polar surface area (TPSA) is 44.8 Å². The van der Waals surface area contributed by atoms with Gasteiger partial charge < -0.3 is 19.9 Å². The van der Waals surface area contributed by atoms with Crippen LogP contribution < -0.4 is 10.1 Å². The number of anilines is 1. The molecule has 0 atom stereocenters. The van der Waals surface area contributed by atoms with E-state index in [4.69, 9.17) is 4.74 Å². The fraction of sp³-hybridized carbons (Fsp3) is 0.562. The minimum absolute atomic E-state index is 0.0656. The van der Waals surface area contributed by atoms with Gasteiger partial charge in [-0.3, -0.25) is 0 Å². The molecule has 0 bridgehead atoms. The summed E-state index contributed by atoms with van der Waals surface area (Å²) in [6.07, 6.45) is 3.54. The summed E-state index contributed by atoms with van der Waals surface area (Å²) in [6.45, 7) is 4.44. The summed E-state index contributed by atoms with van der Waals surface area (Å²) < 4.78 is 5.09. The van der Waals surface area contributed by atoms with Gasteiger partial charge in [-0.15, -0.1) is 0 Å². The molecular weight excluding hydrogens is 266 g/mol. The van der Waals surface area contributed by atoms with E-state index in [1.165, 1.54) is 19.5 Å². The van der Waals surface area contributed by atoms with E-state index in [0.29, 0.717) is 0 Å². The Balaban J connectivity index is 1.65. The summed E-state index contributed by atoms with van der Waals surface area (Å²) in [5.41, 5.74) is 0.785. The monoisotopic (exact) mass is 291 g/mol. The number of rotatable bonds is 7. The molecule has 2 rings (SSSR count). The molecule has 0 spiro atoms. The minimum atomic E-state index is -0.0656. The molecule has 1 aromatic carbocycles. The molecule has 1 heterocycles.